The summed E-state index contributed by atoms with van der Waals surface area (Å²) in [6, 6.07) is 7.11. The first-order chi connectivity index (χ1) is 18.3. The first-order valence-electron chi connectivity index (χ1n) is 14.5. The Balaban J connectivity index is 2.89. The van der Waals surface area contributed by atoms with Crippen LogP contribution >= 0.6 is 0 Å². The second kappa shape index (κ2) is 17.3. The molecule has 1 unspecified atom stereocenters. The van der Waals surface area contributed by atoms with Crippen LogP contribution in [0.2, 0.25) is 0 Å². The molecule has 0 radical (unpaired) electrons. The molecule has 1 amide bonds. The van der Waals surface area contributed by atoms with Crippen molar-refractivity contribution in [2.75, 3.05) is 6.54 Å². The van der Waals surface area contributed by atoms with Gasteiger partial charge in [0.15, 0.2) is 5.78 Å². The number of unbranched alkanes of at least 4 members (excludes halogenated alkanes) is 5. The summed E-state index contributed by atoms with van der Waals surface area (Å²) < 4.78 is 10.8. The van der Waals surface area contributed by atoms with Gasteiger partial charge in [-0.25, -0.2) is 4.79 Å². The minimum Gasteiger partial charge on any atom is -0.460 e. The van der Waals surface area contributed by atoms with Crippen molar-refractivity contribution in [3.8, 4) is 0 Å². The lowest BCUT2D eigenvalue weighted by atomic mass is 9.82. The number of nitrogens with one attached hydrogen (secondary N) is 1. The topological polar surface area (TPSA) is 134 Å². The lowest BCUT2D eigenvalue weighted by Gasteiger charge is -2.27. The molecule has 0 heterocycles. The highest BCUT2D eigenvalue weighted by Crippen LogP contribution is 2.29. The Morgan fingerprint density at radius 3 is 2.00 bits per heavy atom. The van der Waals surface area contributed by atoms with Gasteiger partial charge in [0, 0.05) is 18.9 Å². The first-order valence-corrected chi connectivity index (χ1v) is 14.5. The Kier molecular flexibility index (Phi) is 15.3. The third kappa shape index (κ3) is 15.1. The summed E-state index contributed by atoms with van der Waals surface area (Å²) >= 11 is 0. The number of benzene rings is 1. The number of ketones is 1. The fourth-order valence-electron chi connectivity index (χ4n) is 4.52. The number of hydrogen-bond acceptors (Lipinski definition) is 7. The Hall–Kier alpha value is -2.45. The Labute approximate surface area is 235 Å². The number of hydrogen-bond donors (Lipinski definition) is 3. The number of nitrogens with two attached hydrogens (primary N) is 2. The summed E-state index contributed by atoms with van der Waals surface area (Å²) in [5, 5.41) is 2.84. The maximum atomic E-state index is 14.0. The molecule has 0 saturated heterocycles. The van der Waals surface area contributed by atoms with Crippen LogP contribution < -0.4 is 16.8 Å². The fraction of sp³-hybridized carbons (Fsp3) is 0.710. The summed E-state index contributed by atoms with van der Waals surface area (Å²) in [4.78, 5) is 38.5. The van der Waals surface area contributed by atoms with Gasteiger partial charge < -0.3 is 26.3 Å². The van der Waals surface area contributed by atoms with Crippen LogP contribution in [0.25, 0.3) is 0 Å². The van der Waals surface area contributed by atoms with Crippen LogP contribution in [0, 0.1) is 0 Å². The van der Waals surface area contributed by atoms with Crippen LogP contribution in [0.1, 0.15) is 123 Å². The van der Waals surface area contributed by atoms with E-state index in [-0.39, 0.29) is 17.7 Å². The second-order valence-corrected chi connectivity index (χ2v) is 12.2. The van der Waals surface area contributed by atoms with Gasteiger partial charge in [0.2, 0.25) is 0 Å². The van der Waals surface area contributed by atoms with Crippen LogP contribution in [-0.2, 0) is 25.6 Å². The van der Waals surface area contributed by atoms with Gasteiger partial charge in [-0.3, -0.25) is 9.59 Å². The standard InChI is InChI=1S/C31H53N3O5/c1-30(2,3)38-27(35)20-11-9-7-8-10-18-25(24-17-13-12-16-23(24)22-33)28(36)26(19-14-15-21-32)34-29(37)39-31(4,5)6/h12-13,16-17,25-26H,7-11,14-15,18-22,32-33H2,1-6H3,(H,34,37)/t25?,26-/m0/s1. The lowest BCUT2D eigenvalue weighted by Crippen LogP contribution is -2.45. The summed E-state index contributed by atoms with van der Waals surface area (Å²) in [5.74, 6) is -0.572. The van der Waals surface area contributed by atoms with Crippen molar-refractivity contribution < 1.29 is 23.9 Å². The minimum atomic E-state index is -0.670. The number of rotatable bonds is 17. The predicted molar refractivity (Wildman–Crippen MR) is 156 cm³/mol. The molecule has 8 heteroatoms. The summed E-state index contributed by atoms with van der Waals surface area (Å²) in [6.07, 6.45) is 6.97. The molecule has 0 fully saturated rings. The Bertz CT molecular complexity index is 889. The molecule has 8 nitrogen and oxygen atoms in total. The molecule has 1 rings (SSSR count). The Morgan fingerprint density at radius 1 is 0.795 bits per heavy atom. The van der Waals surface area contributed by atoms with Crippen molar-refractivity contribution in [1.82, 2.24) is 5.32 Å². The summed E-state index contributed by atoms with van der Waals surface area (Å²) in [6.45, 7) is 11.9. The van der Waals surface area contributed by atoms with Gasteiger partial charge in [-0.15, -0.1) is 0 Å². The maximum absolute atomic E-state index is 14.0. The van der Waals surface area contributed by atoms with Gasteiger partial charge >= 0.3 is 12.1 Å². The number of alkyl carbamates (subject to hydrolysis) is 1. The molecule has 1 aromatic rings. The van der Waals surface area contributed by atoms with Crippen LogP contribution in [-0.4, -0.2) is 41.6 Å². The molecule has 0 aliphatic rings. The second-order valence-electron chi connectivity index (χ2n) is 12.2. The fourth-order valence-corrected chi connectivity index (χ4v) is 4.52. The highest BCUT2D eigenvalue weighted by Gasteiger charge is 2.31. The molecule has 222 valence electrons. The number of esters is 1. The van der Waals surface area contributed by atoms with Crippen molar-refractivity contribution in [2.24, 2.45) is 11.5 Å². The van der Waals surface area contributed by atoms with E-state index in [1.165, 1.54) is 0 Å². The molecule has 2 atom stereocenters. The van der Waals surface area contributed by atoms with Crippen LogP contribution in [0.4, 0.5) is 4.79 Å². The molecule has 0 aliphatic carbocycles. The van der Waals surface area contributed by atoms with E-state index >= 15 is 0 Å². The van der Waals surface area contributed by atoms with Crippen molar-refractivity contribution in [1.29, 1.82) is 0 Å². The van der Waals surface area contributed by atoms with E-state index in [1.807, 2.05) is 45.0 Å². The van der Waals surface area contributed by atoms with E-state index in [1.54, 1.807) is 20.8 Å². The minimum absolute atomic E-state index is 0.0243. The van der Waals surface area contributed by atoms with Gasteiger partial charge in [-0.05, 0) is 91.3 Å². The monoisotopic (exact) mass is 547 g/mol. The van der Waals surface area contributed by atoms with Gasteiger partial charge in [0.05, 0.1) is 6.04 Å². The third-order valence-electron chi connectivity index (χ3n) is 6.27. The van der Waals surface area contributed by atoms with Crippen LogP contribution in [0.3, 0.4) is 0 Å². The number of carbonyl (C=O) groups is 3. The average molecular weight is 548 g/mol. The van der Waals surface area contributed by atoms with Crippen molar-refractivity contribution in [3.05, 3.63) is 35.4 Å². The van der Waals surface area contributed by atoms with Crippen molar-refractivity contribution in [2.45, 2.75) is 135 Å². The van der Waals surface area contributed by atoms with E-state index in [0.717, 1.165) is 56.1 Å². The predicted octanol–water partition coefficient (Wildman–Crippen LogP) is 5.89. The smallest absolute Gasteiger partial charge is 0.408 e. The number of ether oxygens (including phenoxy) is 2. The molecular weight excluding hydrogens is 494 g/mol. The third-order valence-corrected chi connectivity index (χ3v) is 6.27. The van der Waals surface area contributed by atoms with Gasteiger partial charge in [-0.1, -0.05) is 49.9 Å². The number of amides is 1. The molecule has 0 aromatic heterocycles. The average Bonchev–Trinajstić information content (AvgIpc) is 2.82. The van der Waals surface area contributed by atoms with E-state index in [9.17, 15) is 14.4 Å². The van der Waals surface area contributed by atoms with E-state index in [4.69, 9.17) is 20.9 Å². The number of carbonyl (C=O) groups excluding carboxylic acids is 3. The molecule has 0 aliphatic heterocycles. The molecule has 0 saturated carbocycles. The largest absolute Gasteiger partial charge is 0.460 e. The normalized spacial score (nSPS) is 13.4. The zero-order chi connectivity index (χ0) is 29.5. The quantitative estimate of drug-likeness (QED) is 0.163. The van der Waals surface area contributed by atoms with Gasteiger partial charge in [0.25, 0.3) is 0 Å². The van der Waals surface area contributed by atoms with E-state index in [0.29, 0.717) is 32.4 Å². The van der Waals surface area contributed by atoms with E-state index in [2.05, 4.69) is 5.32 Å². The maximum Gasteiger partial charge on any atom is 0.408 e. The molecule has 1 aromatic carbocycles. The lowest BCUT2D eigenvalue weighted by molar-refractivity contribution is -0.154. The highest BCUT2D eigenvalue weighted by atomic mass is 16.6. The summed E-state index contributed by atoms with van der Waals surface area (Å²) in [5.41, 5.74) is 12.5. The molecule has 0 bridgehead atoms. The van der Waals surface area contributed by atoms with Crippen LogP contribution in [0.15, 0.2) is 24.3 Å². The first kappa shape index (κ1) is 34.6. The molecule has 5 N–H and O–H groups in total. The Morgan fingerprint density at radius 2 is 1.38 bits per heavy atom. The van der Waals surface area contributed by atoms with Crippen molar-refractivity contribution >= 4 is 17.8 Å². The summed E-state index contributed by atoms with van der Waals surface area (Å²) in [7, 11) is 0. The van der Waals surface area contributed by atoms with Crippen molar-refractivity contribution in [3.63, 3.8) is 0 Å². The van der Waals surface area contributed by atoms with Crippen LogP contribution in [0.5, 0.6) is 0 Å². The zero-order valence-corrected chi connectivity index (χ0v) is 25.1. The highest BCUT2D eigenvalue weighted by molar-refractivity contribution is 5.93. The molecule has 0 spiro atoms. The molecular formula is C31H53N3O5. The zero-order valence-electron chi connectivity index (χ0n) is 25.1. The van der Waals surface area contributed by atoms with Gasteiger partial charge in [0.1, 0.15) is 11.2 Å². The SMILES string of the molecule is CC(C)(C)OC(=O)CCCCCCCC(C(=O)[C@H](CCCCN)NC(=O)OC(C)(C)C)c1ccccc1CN. The number of Topliss-reactive ketones (excluding diaryl/α,β-unsaturated/α-hetero) is 1. The van der Waals surface area contributed by atoms with E-state index < -0.39 is 23.3 Å². The molecule has 39 heavy (non-hydrogen) atoms. The van der Waals surface area contributed by atoms with Gasteiger partial charge in [-0.2, -0.15) is 0 Å².